The molecule has 1 fully saturated rings. The Labute approximate surface area is 107 Å². The third-order valence-corrected chi connectivity index (χ3v) is 3.17. The number of nitrogens with one attached hydrogen (secondary N) is 1. The van der Waals surface area contributed by atoms with Gasteiger partial charge < -0.3 is 10.4 Å². The first-order valence-electron chi connectivity index (χ1n) is 6.32. The Morgan fingerprint density at radius 2 is 2.28 bits per heavy atom. The number of amides is 1. The fourth-order valence-electron chi connectivity index (χ4n) is 2.16. The van der Waals surface area contributed by atoms with E-state index in [0.717, 1.165) is 31.2 Å². The number of hydrogen-bond donors (Lipinski definition) is 2. The zero-order valence-corrected chi connectivity index (χ0v) is 10.2. The van der Waals surface area contributed by atoms with E-state index >= 15 is 0 Å². The van der Waals surface area contributed by atoms with Crippen molar-refractivity contribution in [1.29, 1.82) is 0 Å². The van der Waals surface area contributed by atoms with E-state index in [1.807, 2.05) is 12.1 Å². The summed E-state index contributed by atoms with van der Waals surface area (Å²) in [5, 5.41) is 12.6. The first-order valence-corrected chi connectivity index (χ1v) is 6.32. The largest absolute Gasteiger partial charge is 0.391 e. The van der Waals surface area contributed by atoms with E-state index in [9.17, 15) is 9.90 Å². The van der Waals surface area contributed by atoms with E-state index in [1.165, 1.54) is 6.08 Å². The van der Waals surface area contributed by atoms with Crippen molar-refractivity contribution in [1.82, 2.24) is 10.3 Å². The van der Waals surface area contributed by atoms with E-state index in [0.29, 0.717) is 0 Å². The van der Waals surface area contributed by atoms with Crippen LogP contribution in [0.4, 0.5) is 0 Å². The number of carbonyl (C=O) groups is 1. The predicted molar refractivity (Wildman–Crippen MR) is 69.7 cm³/mol. The van der Waals surface area contributed by atoms with E-state index in [4.69, 9.17) is 0 Å². The van der Waals surface area contributed by atoms with Crippen LogP contribution in [0.25, 0.3) is 6.08 Å². The molecule has 0 aromatic carbocycles. The molecule has 2 rings (SSSR count). The molecule has 1 amide bonds. The molecule has 0 aliphatic heterocycles. The van der Waals surface area contributed by atoms with Crippen molar-refractivity contribution in [3.05, 3.63) is 36.2 Å². The monoisotopic (exact) mass is 246 g/mol. The molecular formula is C14H18N2O2. The van der Waals surface area contributed by atoms with Crippen LogP contribution in [-0.4, -0.2) is 28.1 Å². The summed E-state index contributed by atoms with van der Waals surface area (Å²) in [5.74, 6) is -0.162. The van der Waals surface area contributed by atoms with Crippen LogP contribution in [0, 0.1) is 0 Å². The number of aromatic nitrogens is 1. The first-order chi connectivity index (χ1) is 8.75. The highest BCUT2D eigenvalue weighted by molar-refractivity contribution is 5.91. The Morgan fingerprint density at radius 3 is 3.00 bits per heavy atom. The summed E-state index contributed by atoms with van der Waals surface area (Å²) in [7, 11) is 0. The van der Waals surface area contributed by atoms with Crippen molar-refractivity contribution in [2.45, 2.75) is 37.8 Å². The third-order valence-electron chi connectivity index (χ3n) is 3.17. The van der Waals surface area contributed by atoms with Crippen LogP contribution >= 0.6 is 0 Å². The van der Waals surface area contributed by atoms with Crippen molar-refractivity contribution in [2.24, 2.45) is 0 Å². The Balaban J connectivity index is 1.86. The van der Waals surface area contributed by atoms with Gasteiger partial charge in [0, 0.05) is 18.5 Å². The minimum Gasteiger partial charge on any atom is -0.391 e. The van der Waals surface area contributed by atoms with Crippen molar-refractivity contribution < 1.29 is 9.90 Å². The molecule has 0 bridgehead atoms. The van der Waals surface area contributed by atoms with Gasteiger partial charge in [-0.3, -0.25) is 9.78 Å². The van der Waals surface area contributed by atoms with Gasteiger partial charge in [-0.2, -0.15) is 0 Å². The van der Waals surface area contributed by atoms with Gasteiger partial charge in [-0.1, -0.05) is 18.9 Å². The lowest BCUT2D eigenvalue weighted by Crippen LogP contribution is -2.44. The molecule has 0 radical (unpaired) electrons. The summed E-state index contributed by atoms with van der Waals surface area (Å²) in [5.41, 5.74) is 0.886. The van der Waals surface area contributed by atoms with E-state index in [2.05, 4.69) is 10.3 Å². The van der Waals surface area contributed by atoms with Crippen LogP contribution in [0.3, 0.4) is 0 Å². The van der Waals surface area contributed by atoms with Crippen LogP contribution in [0.1, 0.15) is 31.2 Å². The van der Waals surface area contributed by atoms with Gasteiger partial charge in [0.25, 0.3) is 0 Å². The molecule has 2 N–H and O–H groups in total. The molecule has 96 valence electrons. The van der Waals surface area contributed by atoms with Gasteiger partial charge in [0.2, 0.25) is 5.91 Å². The standard InChI is InChI=1S/C14H18N2O2/c17-13-6-2-1-5-12(13)16-14(18)8-7-11-4-3-9-15-10-11/h3-4,7-10,12-13,17H,1-2,5-6H2,(H,16,18)/b8-7+/t12-,13-/m1/s1. The normalized spacial score (nSPS) is 24.1. The summed E-state index contributed by atoms with van der Waals surface area (Å²) in [6.07, 6.45) is 9.91. The quantitative estimate of drug-likeness (QED) is 0.795. The highest BCUT2D eigenvalue weighted by Crippen LogP contribution is 2.18. The van der Waals surface area contributed by atoms with Gasteiger partial charge in [-0.25, -0.2) is 0 Å². The van der Waals surface area contributed by atoms with Crippen LogP contribution in [-0.2, 0) is 4.79 Å². The molecule has 1 aliphatic rings. The van der Waals surface area contributed by atoms with Crippen LogP contribution in [0.5, 0.6) is 0 Å². The average Bonchev–Trinajstić information content (AvgIpc) is 2.40. The number of aliphatic hydroxyl groups is 1. The highest BCUT2D eigenvalue weighted by Gasteiger charge is 2.23. The zero-order valence-electron chi connectivity index (χ0n) is 10.2. The Bertz CT molecular complexity index is 417. The van der Waals surface area contributed by atoms with Crippen molar-refractivity contribution in [3.8, 4) is 0 Å². The maximum absolute atomic E-state index is 11.7. The van der Waals surface area contributed by atoms with Gasteiger partial charge in [0.1, 0.15) is 0 Å². The number of hydrogen-bond acceptors (Lipinski definition) is 3. The average molecular weight is 246 g/mol. The zero-order chi connectivity index (χ0) is 12.8. The SMILES string of the molecule is O=C(/C=C/c1cccnc1)N[C@@H]1CCCC[C@H]1O. The molecule has 18 heavy (non-hydrogen) atoms. The second-order valence-electron chi connectivity index (χ2n) is 4.59. The molecular weight excluding hydrogens is 228 g/mol. The van der Waals surface area contributed by atoms with E-state index in [-0.39, 0.29) is 11.9 Å². The minimum absolute atomic E-state index is 0.107. The number of aliphatic hydroxyl groups excluding tert-OH is 1. The van der Waals surface area contributed by atoms with E-state index < -0.39 is 6.10 Å². The Morgan fingerprint density at radius 1 is 1.44 bits per heavy atom. The minimum atomic E-state index is -0.408. The van der Waals surface area contributed by atoms with Crippen molar-refractivity contribution >= 4 is 12.0 Å². The lowest BCUT2D eigenvalue weighted by Gasteiger charge is -2.27. The molecule has 4 nitrogen and oxygen atoms in total. The molecule has 0 spiro atoms. The van der Waals surface area contributed by atoms with Crippen LogP contribution in [0.15, 0.2) is 30.6 Å². The molecule has 1 heterocycles. The number of carbonyl (C=O) groups excluding carboxylic acids is 1. The second kappa shape index (κ2) is 6.31. The van der Waals surface area contributed by atoms with E-state index in [1.54, 1.807) is 18.5 Å². The van der Waals surface area contributed by atoms with Gasteiger partial charge in [0.15, 0.2) is 0 Å². The van der Waals surface area contributed by atoms with Gasteiger partial charge in [-0.05, 0) is 30.5 Å². The Hall–Kier alpha value is -1.68. The summed E-state index contributed by atoms with van der Waals surface area (Å²) in [4.78, 5) is 15.7. The first kappa shape index (κ1) is 12.8. The summed E-state index contributed by atoms with van der Waals surface area (Å²) < 4.78 is 0. The van der Waals surface area contributed by atoms with Gasteiger partial charge >= 0.3 is 0 Å². The number of nitrogens with zero attached hydrogens (tertiary/aromatic N) is 1. The molecule has 4 heteroatoms. The molecule has 1 aromatic heterocycles. The molecule has 1 aliphatic carbocycles. The van der Waals surface area contributed by atoms with Crippen LogP contribution < -0.4 is 5.32 Å². The van der Waals surface area contributed by atoms with Crippen molar-refractivity contribution in [3.63, 3.8) is 0 Å². The molecule has 1 aromatic rings. The maximum Gasteiger partial charge on any atom is 0.244 e. The topological polar surface area (TPSA) is 62.2 Å². The summed E-state index contributed by atoms with van der Waals surface area (Å²) in [6.45, 7) is 0. The van der Waals surface area contributed by atoms with Gasteiger partial charge in [-0.15, -0.1) is 0 Å². The van der Waals surface area contributed by atoms with Crippen molar-refractivity contribution in [2.75, 3.05) is 0 Å². The molecule has 0 unspecified atom stereocenters. The van der Waals surface area contributed by atoms with Gasteiger partial charge in [0.05, 0.1) is 12.1 Å². The predicted octanol–water partition coefficient (Wildman–Crippen LogP) is 1.51. The fraction of sp³-hybridized carbons (Fsp3) is 0.429. The Kier molecular flexibility index (Phi) is 4.47. The smallest absolute Gasteiger partial charge is 0.244 e. The molecule has 0 saturated heterocycles. The second-order valence-corrected chi connectivity index (χ2v) is 4.59. The lowest BCUT2D eigenvalue weighted by atomic mass is 9.92. The highest BCUT2D eigenvalue weighted by atomic mass is 16.3. The molecule has 1 saturated carbocycles. The summed E-state index contributed by atoms with van der Waals surface area (Å²) in [6, 6.07) is 3.60. The maximum atomic E-state index is 11.7. The fourth-order valence-corrected chi connectivity index (χ4v) is 2.16. The number of rotatable bonds is 3. The summed E-state index contributed by atoms with van der Waals surface area (Å²) >= 11 is 0. The van der Waals surface area contributed by atoms with Crippen LogP contribution in [0.2, 0.25) is 0 Å². The molecule has 2 atom stereocenters. The lowest BCUT2D eigenvalue weighted by molar-refractivity contribution is -0.118. The number of pyridine rings is 1. The third kappa shape index (κ3) is 3.67.